The van der Waals surface area contributed by atoms with Crippen LogP contribution in [0.4, 0.5) is 17.2 Å². The third-order valence-corrected chi connectivity index (χ3v) is 3.94. The second kappa shape index (κ2) is 7.57. The zero-order valence-electron chi connectivity index (χ0n) is 14.3. The van der Waals surface area contributed by atoms with Gasteiger partial charge in [0.25, 0.3) is 5.91 Å². The van der Waals surface area contributed by atoms with E-state index in [1.54, 1.807) is 6.20 Å². The minimum absolute atomic E-state index is 0.268. The quantitative estimate of drug-likeness (QED) is 0.729. The topological polar surface area (TPSA) is 66.9 Å². The Labute approximate surface area is 147 Å². The zero-order valence-corrected chi connectivity index (χ0v) is 14.3. The number of nitrogens with zero attached hydrogens (tertiary/aromatic N) is 2. The predicted molar refractivity (Wildman–Crippen MR) is 100 cm³/mol. The highest BCUT2D eigenvalue weighted by Crippen LogP contribution is 2.19. The summed E-state index contributed by atoms with van der Waals surface area (Å²) >= 11 is 0. The Morgan fingerprint density at radius 3 is 2.36 bits per heavy atom. The molecule has 2 aromatic carbocycles. The third kappa shape index (κ3) is 4.01. The van der Waals surface area contributed by atoms with Crippen molar-refractivity contribution in [2.75, 3.05) is 10.6 Å². The fourth-order valence-corrected chi connectivity index (χ4v) is 2.50. The lowest BCUT2D eigenvalue weighted by atomic mass is 10.1. The van der Waals surface area contributed by atoms with Crippen LogP contribution in [0, 0.1) is 6.92 Å². The number of hydrogen-bond donors (Lipinski definition) is 2. The molecule has 25 heavy (non-hydrogen) atoms. The van der Waals surface area contributed by atoms with Gasteiger partial charge in [0.1, 0.15) is 11.5 Å². The first-order chi connectivity index (χ1) is 12.2. The molecule has 0 aliphatic carbocycles. The Kier molecular flexibility index (Phi) is 5.04. The number of aryl methyl sites for hydroxylation is 2. The van der Waals surface area contributed by atoms with Crippen molar-refractivity contribution in [2.24, 2.45) is 0 Å². The number of rotatable bonds is 5. The number of benzene rings is 2. The Bertz CT molecular complexity index is 875. The van der Waals surface area contributed by atoms with Gasteiger partial charge in [0.15, 0.2) is 0 Å². The first-order valence-electron chi connectivity index (χ1n) is 8.21. The van der Waals surface area contributed by atoms with Gasteiger partial charge in [-0.3, -0.25) is 4.79 Å². The van der Waals surface area contributed by atoms with E-state index in [2.05, 4.69) is 27.5 Å². The predicted octanol–water partition coefficient (Wildman–Crippen LogP) is 4.34. The van der Waals surface area contributed by atoms with Crippen molar-refractivity contribution in [1.29, 1.82) is 0 Å². The highest BCUT2D eigenvalue weighted by atomic mass is 16.1. The van der Waals surface area contributed by atoms with E-state index < -0.39 is 0 Å². The van der Waals surface area contributed by atoms with Gasteiger partial charge in [-0.2, -0.15) is 0 Å². The smallest absolute Gasteiger partial charge is 0.275 e. The Hall–Kier alpha value is -3.21. The Balaban J connectivity index is 1.71. The fourth-order valence-electron chi connectivity index (χ4n) is 2.50. The second-order valence-corrected chi connectivity index (χ2v) is 5.69. The molecule has 0 aliphatic heterocycles. The Morgan fingerprint density at radius 2 is 1.68 bits per heavy atom. The molecule has 3 rings (SSSR count). The van der Waals surface area contributed by atoms with E-state index in [-0.39, 0.29) is 11.6 Å². The summed E-state index contributed by atoms with van der Waals surface area (Å²) in [6.45, 7) is 4.07. The van der Waals surface area contributed by atoms with E-state index in [1.807, 2.05) is 55.5 Å². The minimum Gasteiger partial charge on any atom is -0.339 e. The molecule has 0 aliphatic rings. The summed E-state index contributed by atoms with van der Waals surface area (Å²) in [5.74, 6) is 0.329. The number of nitrogens with one attached hydrogen (secondary N) is 2. The van der Waals surface area contributed by atoms with E-state index in [0.717, 1.165) is 28.9 Å². The molecule has 1 aromatic heterocycles. The monoisotopic (exact) mass is 332 g/mol. The van der Waals surface area contributed by atoms with Gasteiger partial charge in [-0.25, -0.2) is 9.97 Å². The van der Waals surface area contributed by atoms with Gasteiger partial charge >= 0.3 is 0 Å². The maximum absolute atomic E-state index is 12.4. The van der Waals surface area contributed by atoms with E-state index >= 15 is 0 Å². The summed E-state index contributed by atoms with van der Waals surface area (Å²) in [6.07, 6.45) is 3.89. The molecule has 126 valence electrons. The lowest BCUT2D eigenvalue weighted by Crippen LogP contribution is -2.15. The average molecular weight is 332 g/mol. The van der Waals surface area contributed by atoms with Crippen molar-refractivity contribution in [3.8, 4) is 0 Å². The summed E-state index contributed by atoms with van der Waals surface area (Å²) < 4.78 is 0. The van der Waals surface area contributed by atoms with E-state index in [0.29, 0.717) is 5.82 Å². The normalized spacial score (nSPS) is 10.3. The van der Waals surface area contributed by atoms with Crippen LogP contribution in [0.3, 0.4) is 0 Å². The van der Waals surface area contributed by atoms with Crippen LogP contribution in [0.5, 0.6) is 0 Å². The van der Waals surface area contributed by atoms with E-state index in [9.17, 15) is 4.79 Å². The highest BCUT2D eigenvalue weighted by Gasteiger charge is 2.10. The molecule has 1 amide bonds. The van der Waals surface area contributed by atoms with Crippen LogP contribution in [0.25, 0.3) is 0 Å². The van der Waals surface area contributed by atoms with Gasteiger partial charge < -0.3 is 10.6 Å². The van der Waals surface area contributed by atoms with Gasteiger partial charge in [-0.1, -0.05) is 43.3 Å². The van der Waals surface area contributed by atoms with Crippen molar-refractivity contribution in [2.45, 2.75) is 20.3 Å². The van der Waals surface area contributed by atoms with Crippen LogP contribution in [0.2, 0.25) is 0 Å². The first-order valence-corrected chi connectivity index (χ1v) is 8.21. The van der Waals surface area contributed by atoms with Crippen molar-refractivity contribution in [3.63, 3.8) is 0 Å². The summed E-state index contributed by atoms with van der Waals surface area (Å²) in [4.78, 5) is 20.9. The number of anilines is 3. The molecule has 0 radical (unpaired) electrons. The summed E-state index contributed by atoms with van der Waals surface area (Å²) in [5, 5.41) is 6.10. The standard InChI is InChI=1S/C20H20N4O/c1-3-15-9-5-7-11-17(15)24-20(25)18-12-22-19(13-21-18)23-16-10-6-4-8-14(16)2/h4-13H,3H2,1-2H3,(H,22,23)(H,24,25). The van der Waals surface area contributed by atoms with Crippen molar-refractivity contribution in [3.05, 3.63) is 77.7 Å². The molecule has 3 aromatic rings. The molecule has 2 N–H and O–H groups in total. The average Bonchev–Trinajstić information content (AvgIpc) is 2.64. The number of carbonyl (C=O) groups excluding carboxylic acids is 1. The van der Waals surface area contributed by atoms with Gasteiger partial charge in [-0.05, 0) is 36.6 Å². The van der Waals surface area contributed by atoms with Gasteiger partial charge in [-0.15, -0.1) is 0 Å². The van der Waals surface area contributed by atoms with E-state index in [1.165, 1.54) is 6.20 Å². The highest BCUT2D eigenvalue weighted by molar-refractivity contribution is 6.03. The minimum atomic E-state index is -0.268. The largest absolute Gasteiger partial charge is 0.339 e. The van der Waals surface area contributed by atoms with Crippen LogP contribution < -0.4 is 10.6 Å². The number of carbonyl (C=O) groups is 1. The van der Waals surface area contributed by atoms with Crippen LogP contribution in [0.15, 0.2) is 60.9 Å². The SMILES string of the molecule is CCc1ccccc1NC(=O)c1cnc(Nc2ccccc2C)cn1. The van der Waals surface area contributed by atoms with Crippen LogP contribution in [-0.2, 0) is 6.42 Å². The van der Waals surface area contributed by atoms with Gasteiger partial charge in [0, 0.05) is 11.4 Å². The van der Waals surface area contributed by atoms with Crippen LogP contribution >= 0.6 is 0 Å². The van der Waals surface area contributed by atoms with Crippen molar-refractivity contribution >= 4 is 23.1 Å². The summed E-state index contributed by atoms with van der Waals surface area (Å²) in [5.41, 5.74) is 4.25. The maximum Gasteiger partial charge on any atom is 0.275 e. The van der Waals surface area contributed by atoms with E-state index in [4.69, 9.17) is 0 Å². The molecule has 1 heterocycles. The summed E-state index contributed by atoms with van der Waals surface area (Å²) in [6, 6.07) is 15.7. The summed E-state index contributed by atoms with van der Waals surface area (Å²) in [7, 11) is 0. The zero-order chi connectivity index (χ0) is 17.6. The molecule has 5 nitrogen and oxygen atoms in total. The second-order valence-electron chi connectivity index (χ2n) is 5.69. The molecular weight excluding hydrogens is 312 g/mol. The molecule has 0 saturated heterocycles. The molecule has 0 saturated carbocycles. The van der Waals surface area contributed by atoms with Crippen molar-refractivity contribution in [1.82, 2.24) is 9.97 Å². The van der Waals surface area contributed by atoms with Crippen LogP contribution in [0.1, 0.15) is 28.5 Å². The lowest BCUT2D eigenvalue weighted by molar-refractivity contribution is 0.102. The lowest BCUT2D eigenvalue weighted by Gasteiger charge is -2.10. The molecule has 0 unspecified atom stereocenters. The number of aromatic nitrogens is 2. The Morgan fingerprint density at radius 1 is 0.960 bits per heavy atom. The molecular formula is C20H20N4O. The molecule has 0 atom stereocenters. The maximum atomic E-state index is 12.4. The third-order valence-electron chi connectivity index (χ3n) is 3.94. The first kappa shape index (κ1) is 16.6. The number of amides is 1. The molecule has 0 spiro atoms. The number of para-hydroxylation sites is 2. The molecule has 0 bridgehead atoms. The molecule has 0 fully saturated rings. The van der Waals surface area contributed by atoms with Gasteiger partial charge in [0.05, 0.1) is 12.4 Å². The van der Waals surface area contributed by atoms with Crippen LogP contribution in [-0.4, -0.2) is 15.9 Å². The van der Waals surface area contributed by atoms with Gasteiger partial charge in [0.2, 0.25) is 0 Å². The number of hydrogen-bond acceptors (Lipinski definition) is 4. The van der Waals surface area contributed by atoms with Crippen molar-refractivity contribution < 1.29 is 4.79 Å². The molecule has 5 heteroatoms. The fraction of sp³-hybridized carbons (Fsp3) is 0.150.